The molecule has 22 heavy (non-hydrogen) atoms. The number of nitrogens with one attached hydrogen (secondary N) is 2. The van der Waals surface area contributed by atoms with E-state index in [-0.39, 0.29) is 30.8 Å². The highest BCUT2D eigenvalue weighted by atomic mass is 35.5. The van der Waals surface area contributed by atoms with Crippen LogP contribution in [0.25, 0.3) is 0 Å². The molecule has 0 aromatic heterocycles. The summed E-state index contributed by atoms with van der Waals surface area (Å²) in [5.74, 6) is -0.536. The number of hydrogen-bond donors (Lipinski definition) is 3. The number of halogens is 1. The van der Waals surface area contributed by atoms with E-state index in [1.807, 2.05) is 39.8 Å². The predicted molar refractivity (Wildman–Crippen MR) is 92.4 cm³/mol. The summed E-state index contributed by atoms with van der Waals surface area (Å²) in [4.78, 5) is 23.6. The van der Waals surface area contributed by atoms with Crippen molar-refractivity contribution >= 4 is 29.9 Å². The molecule has 2 amide bonds. The topological polar surface area (TPSA) is 84.2 Å². The monoisotopic (exact) mass is 327 g/mol. The Labute approximate surface area is 138 Å². The van der Waals surface area contributed by atoms with Gasteiger partial charge < -0.3 is 16.4 Å². The summed E-state index contributed by atoms with van der Waals surface area (Å²) in [6.07, 6.45) is 1.45. The maximum absolute atomic E-state index is 11.9. The molecule has 1 atom stereocenters. The molecule has 0 saturated heterocycles. The van der Waals surface area contributed by atoms with Gasteiger partial charge in [0.15, 0.2) is 0 Å². The third-order valence-electron chi connectivity index (χ3n) is 3.30. The number of carbonyl (C=O) groups excluding carboxylic acids is 2. The molecule has 0 aliphatic rings. The van der Waals surface area contributed by atoms with Crippen molar-refractivity contribution in [2.45, 2.75) is 46.6 Å². The first kappa shape index (κ1) is 20.4. The quantitative estimate of drug-likeness (QED) is 0.749. The van der Waals surface area contributed by atoms with Gasteiger partial charge in [-0.3, -0.25) is 9.59 Å². The van der Waals surface area contributed by atoms with Crippen molar-refractivity contribution in [1.29, 1.82) is 0 Å². The highest BCUT2D eigenvalue weighted by molar-refractivity contribution is 5.96. The Balaban J connectivity index is 0.00000441. The molecule has 0 aliphatic heterocycles. The fourth-order valence-corrected chi connectivity index (χ4v) is 2.30. The lowest BCUT2D eigenvalue weighted by Crippen LogP contribution is -2.43. The molecule has 4 N–H and O–H groups in total. The molecule has 0 bridgehead atoms. The van der Waals surface area contributed by atoms with Gasteiger partial charge in [-0.05, 0) is 38.3 Å². The normalized spacial score (nSPS) is 11.3. The third kappa shape index (κ3) is 6.03. The zero-order valence-electron chi connectivity index (χ0n) is 13.7. The molecule has 5 nitrogen and oxygen atoms in total. The van der Waals surface area contributed by atoms with Gasteiger partial charge in [-0.1, -0.05) is 31.0 Å². The average Bonchev–Trinajstić information content (AvgIpc) is 2.40. The van der Waals surface area contributed by atoms with Crippen LogP contribution in [0.4, 0.5) is 5.69 Å². The van der Waals surface area contributed by atoms with E-state index >= 15 is 0 Å². The maximum Gasteiger partial charge on any atom is 0.243 e. The van der Waals surface area contributed by atoms with Crippen molar-refractivity contribution in [1.82, 2.24) is 5.32 Å². The highest BCUT2D eigenvalue weighted by Crippen LogP contribution is 2.21. The molecule has 6 heteroatoms. The van der Waals surface area contributed by atoms with Gasteiger partial charge in [0.05, 0.1) is 12.6 Å². The van der Waals surface area contributed by atoms with Gasteiger partial charge >= 0.3 is 0 Å². The van der Waals surface area contributed by atoms with E-state index in [9.17, 15) is 9.59 Å². The molecular formula is C16H26ClN3O2. The third-order valence-corrected chi connectivity index (χ3v) is 3.30. The van der Waals surface area contributed by atoms with Crippen LogP contribution in [0.15, 0.2) is 12.1 Å². The van der Waals surface area contributed by atoms with Crippen LogP contribution in [-0.4, -0.2) is 24.4 Å². The first-order valence-corrected chi connectivity index (χ1v) is 7.26. The zero-order valence-corrected chi connectivity index (χ0v) is 14.5. The van der Waals surface area contributed by atoms with Gasteiger partial charge in [0, 0.05) is 5.69 Å². The minimum atomic E-state index is -0.550. The number of aryl methyl sites for hydroxylation is 3. The minimum Gasteiger partial charge on any atom is -0.346 e. The first-order valence-electron chi connectivity index (χ1n) is 7.26. The molecule has 1 unspecified atom stereocenters. The van der Waals surface area contributed by atoms with Crippen molar-refractivity contribution in [2.75, 3.05) is 11.9 Å². The van der Waals surface area contributed by atoms with Crippen LogP contribution in [0.5, 0.6) is 0 Å². The summed E-state index contributed by atoms with van der Waals surface area (Å²) in [7, 11) is 0. The Morgan fingerprint density at radius 2 is 1.73 bits per heavy atom. The molecule has 1 aromatic carbocycles. The van der Waals surface area contributed by atoms with Crippen LogP contribution >= 0.6 is 12.4 Å². The van der Waals surface area contributed by atoms with Crippen LogP contribution in [0.2, 0.25) is 0 Å². The Kier molecular flexibility index (Phi) is 8.75. The largest absolute Gasteiger partial charge is 0.346 e. The average molecular weight is 328 g/mol. The smallest absolute Gasteiger partial charge is 0.243 e. The fourth-order valence-electron chi connectivity index (χ4n) is 2.30. The van der Waals surface area contributed by atoms with Gasteiger partial charge in [-0.2, -0.15) is 0 Å². The van der Waals surface area contributed by atoms with Gasteiger partial charge in [-0.15, -0.1) is 12.4 Å². The second kappa shape index (κ2) is 9.43. The minimum absolute atomic E-state index is 0. The summed E-state index contributed by atoms with van der Waals surface area (Å²) in [5, 5.41) is 5.40. The molecule has 0 radical (unpaired) electrons. The summed E-state index contributed by atoms with van der Waals surface area (Å²) in [6, 6.07) is 3.47. The summed E-state index contributed by atoms with van der Waals surface area (Å²) < 4.78 is 0. The van der Waals surface area contributed by atoms with Crippen molar-refractivity contribution in [3.8, 4) is 0 Å². The van der Waals surface area contributed by atoms with Crippen LogP contribution < -0.4 is 16.4 Å². The lowest BCUT2D eigenvalue weighted by atomic mass is 10.1. The van der Waals surface area contributed by atoms with E-state index in [1.54, 1.807) is 0 Å². The van der Waals surface area contributed by atoms with E-state index in [4.69, 9.17) is 5.73 Å². The van der Waals surface area contributed by atoms with E-state index in [2.05, 4.69) is 10.6 Å². The number of hydrogen-bond acceptors (Lipinski definition) is 3. The lowest BCUT2D eigenvalue weighted by molar-refractivity contribution is -0.125. The SMILES string of the molecule is CCCC(N)C(=O)NCC(=O)Nc1c(C)cc(C)cc1C.Cl. The Morgan fingerprint density at radius 1 is 1.18 bits per heavy atom. The number of nitrogens with two attached hydrogens (primary N) is 1. The number of amides is 2. The summed E-state index contributed by atoms with van der Waals surface area (Å²) in [6.45, 7) is 7.81. The second-order valence-electron chi connectivity index (χ2n) is 5.43. The maximum atomic E-state index is 11.9. The van der Waals surface area contributed by atoms with Crippen LogP contribution in [0, 0.1) is 20.8 Å². The number of rotatable bonds is 6. The second-order valence-corrected chi connectivity index (χ2v) is 5.43. The Morgan fingerprint density at radius 3 is 2.23 bits per heavy atom. The van der Waals surface area contributed by atoms with Crippen LogP contribution in [0.3, 0.4) is 0 Å². The van der Waals surface area contributed by atoms with E-state index < -0.39 is 6.04 Å². The van der Waals surface area contributed by atoms with Gasteiger partial charge in [0.25, 0.3) is 0 Å². The van der Waals surface area contributed by atoms with Crippen molar-refractivity contribution in [3.05, 3.63) is 28.8 Å². The number of benzene rings is 1. The lowest BCUT2D eigenvalue weighted by Gasteiger charge is -2.14. The number of anilines is 1. The summed E-state index contributed by atoms with van der Waals surface area (Å²) in [5.41, 5.74) is 9.66. The molecule has 1 rings (SSSR count). The van der Waals surface area contributed by atoms with Crippen molar-refractivity contribution in [3.63, 3.8) is 0 Å². The van der Waals surface area contributed by atoms with Crippen LogP contribution in [-0.2, 0) is 9.59 Å². The molecule has 1 aromatic rings. The molecule has 0 aliphatic carbocycles. The molecule has 0 saturated carbocycles. The number of carbonyl (C=O) groups is 2. The summed E-state index contributed by atoms with van der Waals surface area (Å²) >= 11 is 0. The van der Waals surface area contributed by atoms with E-state index in [1.165, 1.54) is 0 Å². The van der Waals surface area contributed by atoms with Crippen LogP contribution in [0.1, 0.15) is 36.5 Å². The molecule has 124 valence electrons. The van der Waals surface area contributed by atoms with Gasteiger partial charge in [0.2, 0.25) is 11.8 Å². The highest BCUT2D eigenvalue weighted by Gasteiger charge is 2.14. The van der Waals surface area contributed by atoms with Gasteiger partial charge in [-0.25, -0.2) is 0 Å². The molecule has 0 heterocycles. The van der Waals surface area contributed by atoms with Crippen molar-refractivity contribution < 1.29 is 9.59 Å². The molecular weight excluding hydrogens is 302 g/mol. The standard InChI is InChI=1S/C16H25N3O2.ClH/c1-5-6-13(17)16(21)18-9-14(20)19-15-11(3)7-10(2)8-12(15)4;/h7-8,13H,5-6,9,17H2,1-4H3,(H,18,21)(H,19,20);1H. The van der Waals surface area contributed by atoms with E-state index in [0.717, 1.165) is 28.8 Å². The predicted octanol–water partition coefficient (Wildman–Crippen LogP) is 2.22. The zero-order chi connectivity index (χ0) is 16.0. The Bertz CT molecular complexity index is 509. The Hall–Kier alpha value is -1.59. The fraction of sp³-hybridized carbons (Fsp3) is 0.500. The van der Waals surface area contributed by atoms with Crippen molar-refractivity contribution in [2.24, 2.45) is 5.73 Å². The molecule has 0 spiro atoms. The molecule has 0 fully saturated rings. The van der Waals surface area contributed by atoms with E-state index in [0.29, 0.717) is 6.42 Å². The first-order chi connectivity index (χ1) is 9.85. The van der Waals surface area contributed by atoms with Gasteiger partial charge in [0.1, 0.15) is 0 Å².